The molecule has 1 atom stereocenters. The van der Waals surface area contributed by atoms with Gasteiger partial charge in [-0.1, -0.05) is 6.07 Å². The van der Waals surface area contributed by atoms with Gasteiger partial charge in [0.1, 0.15) is 11.6 Å². The smallest absolute Gasteiger partial charge is 0.369 e. The highest BCUT2D eigenvalue weighted by Gasteiger charge is 2.36. The lowest BCUT2D eigenvalue weighted by atomic mass is 10.1. The fraction of sp³-hybridized carbons (Fsp3) is 0.222. The normalized spacial score (nSPS) is 14.7. The molecule has 1 unspecified atom stereocenters. The molecule has 0 bridgehead atoms. The van der Waals surface area contributed by atoms with Gasteiger partial charge in [0, 0.05) is 12.5 Å². The van der Waals surface area contributed by atoms with E-state index < -0.39 is 35.4 Å². The fourth-order valence-electron chi connectivity index (χ4n) is 0.993. The second kappa shape index (κ2) is 3.90. The second-order valence-electron chi connectivity index (χ2n) is 2.98. The molecule has 0 aliphatic heterocycles. The second-order valence-corrected chi connectivity index (χ2v) is 2.98. The predicted molar refractivity (Wildman–Crippen MR) is 43.8 cm³/mol. The number of carbonyl (C=O) groups is 1. The van der Waals surface area contributed by atoms with Crippen LogP contribution in [0.15, 0.2) is 18.2 Å². The van der Waals surface area contributed by atoms with E-state index >= 15 is 0 Å². The van der Waals surface area contributed by atoms with Crippen LogP contribution < -0.4 is 0 Å². The van der Waals surface area contributed by atoms with Crippen molar-refractivity contribution in [2.24, 2.45) is 0 Å². The fourth-order valence-corrected chi connectivity index (χ4v) is 0.993. The number of aliphatic hydroxyl groups is 1. The molecule has 0 heterocycles. The summed E-state index contributed by atoms with van der Waals surface area (Å²) in [4.78, 5) is 10.2. The minimum Gasteiger partial charge on any atom is -0.477 e. The summed E-state index contributed by atoms with van der Waals surface area (Å²) in [6.07, 6.45) is -1.07. The topological polar surface area (TPSA) is 57.5 Å². The molecule has 82 valence electrons. The third-order valence-electron chi connectivity index (χ3n) is 1.77. The quantitative estimate of drug-likeness (QED) is 0.805. The van der Waals surface area contributed by atoms with Crippen LogP contribution in [0.1, 0.15) is 5.56 Å². The van der Waals surface area contributed by atoms with Crippen molar-refractivity contribution < 1.29 is 28.2 Å². The van der Waals surface area contributed by atoms with E-state index in [0.717, 1.165) is 12.1 Å². The summed E-state index contributed by atoms with van der Waals surface area (Å²) in [5.41, 5.74) is -0.413. The maximum Gasteiger partial charge on any atom is 0.369 e. The van der Waals surface area contributed by atoms with Gasteiger partial charge in [-0.2, -0.15) is 4.39 Å². The minimum atomic E-state index is -3.56. The molecule has 1 rings (SSSR count). The van der Waals surface area contributed by atoms with E-state index in [4.69, 9.17) is 10.2 Å². The number of halogens is 3. The number of carboxylic acids is 1. The Morgan fingerprint density at radius 2 is 2.00 bits per heavy atom. The molecule has 1 aromatic rings. The summed E-state index contributed by atoms with van der Waals surface area (Å²) in [6.45, 7) is 0. The Bertz CT molecular complexity index is 390. The van der Waals surface area contributed by atoms with Gasteiger partial charge < -0.3 is 10.2 Å². The molecule has 0 saturated heterocycles. The highest BCUT2D eigenvalue weighted by atomic mass is 19.2. The van der Waals surface area contributed by atoms with Crippen molar-refractivity contribution in [3.8, 4) is 0 Å². The van der Waals surface area contributed by atoms with E-state index in [1.807, 2.05) is 0 Å². The summed E-state index contributed by atoms with van der Waals surface area (Å²) in [7, 11) is 0. The van der Waals surface area contributed by atoms with Crippen molar-refractivity contribution in [2.75, 3.05) is 0 Å². The van der Waals surface area contributed by atoms with Crippen LogP contribution in [0.5, 0.6) is 0 Å². The maximum absolute atomic E-state index is 12.9. The van der Waals surface area contributed by atoms with E-state index in [1.54, 1.807) is 0 Å². The number of rotatable bonds is 3. The van der Waals surface area contributed by atoms with Crippen molar-refractivity contribution in [1.29, 1.82) is 0 Å². The largest absolute Gasteiger partial charge is 0.477 e. The zero-order chi connectivity index (χ0) is 11.6. The number of aliphatic carboxylic acids is 1. The standard InChI is InChI=1S/C9H7F3O3/c10-6-2-1-5(7(11)3-6)4-9(12,15)8(13)14/h1-3,15H,4H2,(H,13,14). The van der Waals surface area contributed by atoms with E-state index in [9.17, 15) is 18.0 Å². The monoisotopic (exact) mass is 220 g/mol. The zero-order valence-electron chi connectivity index (χ0n) is 7.38. The Morgan fingerprint density at radius 1 is 1.40 bits per heavy atom. The van der Waals surface area contributed by atoms with Gasteiger partial charge in [0.05, 0.1) is 0 Å². The van der Waals surface area contributed by atoms with Gasteiger partial charge in [-0.15, -0.1) is 0 Å². The molecule has 6 heteroatoms. The molecule has 0 aliphatic carbocycles. The lowest BCUT2D eigenvalue weighted by Crippen LogP contribution is -2.35. The summed E-state index contributed by atoms with van der Waals surface area (Å²) in [5.74, 6) is -7.65. The molecule has 3 nitrogen and oxygen atoms in total. The first-order chi connectivity index (χ1) is 6.83. The first-order valence-electron chi connectivity index (χ1n) is 3.91. The lowest BCUT2D eigenvalue weighted by molar-refractivity contribution is -0.179. The highest BCUT2D eigenvalue weighted by Crippen LogP contribution is 2.18. The molecular weight excluding hydrogens is 213 g/mol. The number of benzene rings is 1. The van der Waals surface area contributed by atoms with Crippen molar-refractivity contribution in [3.05, 3.63) is 35.4 Å². The van der Waals surface area contributed by atoms with Crippen molar-refractivity contribution >= 4 is 5.97 Å². The van der Waals surface area contributed by atoms with Gasteiger partial charge in [-0.25, -0.2) is 13.6 Å². The van der Waals surface area contributed by atoms with Crippen LogP contribution in [-0.4, -0.2) is 22.0 Å². The molecule has 0 saturated carbocycles. The first kappa shape index (κ1) is 11.5. The molecule has 2 N–H and O–H groups in total. The average Bonchev–Trinajstić information content (AvgIpc) is 2.09. The van der Waals surface area contributed by atoms with Crippen molar-refractivity contribution in [1.82, 2.24) is 0 Å². The Kier molecular flexibility index (Phi) is 2.99. The maximum atomic E-state index is 12.9. The molecule has 0 aromatic heterocycles. The minimum absolute atomic E-state index is 0.413. The highest BCUT2D eigenvalue weighted by molar-refractivity contribution is 5.75. The third kappa shape index (κ3) is 2.69. The van der Waals surface area contributed by atoms with Crippen LogP contribution in [0, 0.1) is 11.6 Å². The van der Waals surface area contributed by atoms with Crippen LogP contribution in [0.3, 0.4) is 0 Å². The molecule has 1 aromatic carbocycles. The van der Waals surface area contributed by atoms with Crippen LogP contribution >= 0.6 is 0 Å². The van der Waals surface area contributed by atoms with E-state index in [-0.39, 0.29) is 0 Å². The number of hydrogen-bond acceptors (Lipinski definition) is 2. The lowest BCUT2D eigenvalue weighted by Gasteiger charge is -2.13. The Labute approximate surface area is 82.8 Å². The average molecular weight is 220 g/mol. The summed E-state index contributed by atoms with van der Waals surface area (Å²) in [6, 6.07) is 2.20. The molecule has 0 amide bonds. The third-order valence-corrected chi connectivity index (χ3v) is 1.77. The van der Waals surface area contributed by atoms with E-state index in [0.29, 0.717) is 6.07 Å². The zero-order valence-corrected chi connectivity index (χ0v) is 7.38. The SMILES string of the molecule is O=C(O)C(O)(F)Cc1ccc(F)cc1F. The summed E-state index contributed by atoms with van der Waals surface area (Å²) < 4.78 is 38.2. The van der Waals surface area contributed by atoms with E-state index in [2.05, 4.69) is 0 Å². The Morgan fingerprint density at radius 3 is 2.47 bits per heavy atom. The molecular formula is C9H7F3O3. The summed E-state index contributed by atoms with van der Waals surface area (Å²) in [5, 5.41) is 16.9. The van der Waals surface area contributed by atoms with Crippen LogP contribution in [0.4, 0.5) is 13.2 Å². The van der Waals surface area contributed by atoms with E-state index in [1.165, 1.54) is 0 Å². The van der Waals surface area contributed by atoms with Crippen LogP contribution in [0.25, 0.3) is 0 Å². The molecule has 15 heavy (non-hydrogen) atoms. The molecule has 0 spiro atoms. The molecule has 0 radical (unpaired) electrons. The van der Waals surface area contributed by atoms with Crippen LogP contribution in [0.2, 0.25) is 0 Å². The van der Waals surface area contributed by atoms with Gasteiger partial charge in [-0.3, -0.25) is 0 Å². The van der Waals surface area contributed by atoms with Gasteiger partial charge >= 0.3 is 11.8 Å². The van der Waals surface area contributed by atoms with Gasteiger partial charge in [0.25, 0.3) is 0 Å². The van der Waals surface area contributed by atoms with Gasteiger partial charge in [0.15, 0.2) is 0 Å². The number of alkyl halides is 1. The number of hydrogen-bond donors (Lipinski definition) is 2. The van der Waals surface area contributed by atoms with Crippen molar-refractivity contribution in [3.63, 3.8) is 0 Å². The molecule has 0 aliphatic rings. The summed E-state index contributed by atoms with van der Waals surface area (Å²) >= 11 is 0. The van der Waals surface area contributed by atoms with Crippen molar-refractivity contribution in [2.45, 2.75) is 12.3 Å². The Hall–Kier alpha value is -1.56. The number of carboxylic acid groups (broad SMARTS) is 1. The first-order valence-corrected chi connectivity index (χ1v) is 3.91. The van der Waals surface area contributed by atoms with Gasteiger partial charge in [0.2, 0.25) is 0 Å². The van der Waals surface area contributed by atoms with Crippen LogP contribution in [-0.2, 0) is 11.2 Å². The predicted octanol–water partition coefficient (Wildman–Crippen LogP) is 1.25. The molecule has 0 fully saturated rings. The Balaban J connectivity index is 2.95. The van der Waals surface area contributed by atoms with Gasteiger partial charge in [-0.05, 0) is 11.6 Å².